The van der Waals surface area contributed by atoms with E-state index in [2.05, 4.69) is 11.9 Å². The highest BCUT2D eigenvalue weighted by Gasteiger charge is 2.43. The molecule has 1 fully saturated rings. The van der Waals surface area contributed by atoms with Crippen molar-refractivity contribution in [2.24, 2.45) is 5.92 Å². The van der Waals surface area contributed by atoms with Gasteiger partial charge in [-0.25, -0.2) is 4.79 Å². The molecule has 1 aromatic heterocycles. The molecular formula is C18H27N3O3. The molecule has 6 nitrogen and oxygen atoms in total. The van der Waals surface area contributed by atoms with Crippen LogP contribution in [0.5, 0.6) is 0 Å². The SMILES string of the molecule is COC(=O)[C@@](C)(c1ccccn1)N(C)CC(=O)N1CCC[C@H](C)C1. The number of hydrogen-bond acceptors (Lipinski definition) is 5. The van der Waals surface area contributed by atoms with Crippen molar-refractivity contribution in [1.82, 2.24) is 14.8 Å². The number of hydrogen-bond donors (Lipinski definition) is 0. The van der Waals surface area contributed by atoms with Gasteiger partial charge >= 0.3 is 5.97 Å². The molecule has 0 bridgehead atoms. The number of likely N-dealkylation sites (N-methyl/N-ethyl adjacent to an activating group) is 1. The van der Waals surface area contributed by atoms with E-state index in [1.54, 1.807) is 37.2 Å². The molecule has 0 spiro atoms. The lowest BCUT2D eigenvalue weighted by Gasteiger charge is -2.37. The van der Waals surface area contributed by atoms with Gasteiger partial charge in [0.05, 0.1) is 19.3 Å². The summed E-state index contributed by atoms with van der Waals surface area (Å²) >= 11 is 0. The number of carbonyl (C=O) groups excluding carboxylic acids is 2. The van der Waals surface area contributed by atoms with Crippen LogP contribution >= 0.6 is 0 Å². The number of pyridine rings is 1. The highest BCUT2D eigenvalue weighted by atomic mass is 16.5. The number of carbonyl (C=O) groups is 2. The molecule has 1 aliphatic heterocycles. The molecule has 1 amide bonds. The van der Waals surface area contributed by atoms with Crippen molar-refractivity contribution in [3.8, 4) is 0 Å². The van der Waals surface area contributed by atoms with Gasteiger partial charge in [0, 0.05) is 19.3 Å². The second-order valence-corrected chi connectivity index (χ2v) is 6.72. The molecule has 2 atom stereocenters. The third kappa shape index (κ3) is 3.75. The first-order chi connectivity index (χ1) is 11.4. The number of rotatable bonds is 5. The Hall–Kier alpha value is -1.95. The number of amides is 1. The fraction of sp³-hybridized carbons (Fsp3) is 0.611. The predicted molar refractivity (Wildman–Crippen MR) is 91.2 cm³/mol. The molecule has 24 heavy (non-hydrogen) atoms. The standard InChI is InChI=1S/C18H27N3O3/c1-14-8-7-11-21(12-14)16(22)13-20(3)18(2,17(23)24-4)15-9-5-6-10-19-15/h5-6,9-10,14H,7-8,11-13H2,1-4H3/t14-,18+/m0/s1. The maximum atomic E-state index is 12.7. The lowest BCUT2D eigenvalue weighted by molar-refractivity contribution is -0.156. The lowest BCUT2D eigenvalue weighted by atomic mass is 9.94. The van der Waals surface area contributed by atoms with E-state index in [0.717, 1.165) is 25.9 Å². The summed E-state index contributed by atoms with van der Waals surface area (Å²) in [6.07, 6.45) is 3.83. The van der Waals surface area contributed by atoms with E-state index in [0.29, 0.717) is 11.6 Å². The van der Waals surface area contributed by atoms with Gasteiger partial charge in [-0.3, -0.25) is 14.7 Å². The first-order valence-corrected chi connectivity index (χ1v) is 8.38. The number of esters is 1. The Kier molecular flexibility index (Phi) is 5.94. The first-order valence-electron chi connectivity index (χ1n) is 8.38. The van der Waals surface area contributed by atoms with Crippen LogP contribution in [0.25, 0.3) is 0 Å². The van der Waals surface area contributed by atoms with Gasteiger partial charge < -0.3 is 9.64 Å². The average Bonchev–Trinajstić information content (AvgIpc) is 2.60. The van der Waals surface area contributed by atoms with Gasteiger partial charge in [-0.1, -0.05) is 13.0 Å². The fourth-order valence-corrected chi connectivity index (χ4v) is 3.18. The summed E-state index contributed by atoms with van der Waals surface area (Å²) in [7, 11) is 3.11. The van der Waals surface area contributed by atoms with Gasteiger partial charge in [0.25, 0.3) is 0 Å². The smallest absolute Gasteiger partial charge is 0.332 e. The van der Waals surface area contributed by atoms with Crippen LogP contribution in [0.15, 0.2) is 24.4 Å². The van der Waals surface area contributed by atoms with Crippen LogP contribution in [0.4, 0.5) is 0 Å². The maximum absolute atomic E-state index is 12.7. The largest absolute Gasteiger partial charge is 0.467 e. The Morgan fingerprint density at radius 2 is 2.21 bits per heavy atom. The second kappa shape index (κ2) is 7.75. The minimum atomic E-state index is -1.10. The molecular weight excluding hydrogens is 306 g/mol. The van der Waals surface area contributed by atoms with Crippen molar-refractivity contribution in [3.05, 3.63) is 30.1 Å². The van der Waals surface area contributed by atoms with Crippen LogP contribution in [-0.4, -0.2) is 60.5 Å². The summed E-state index contributed by atoms with van der Waals surface area (Å²) in [5, 5.41) is 0. The normalized spacial score (nSPS) is 20.5. The van der Waals surface area contributed by atoms with Crippen LogP contribution in [0.2, 0.25) is 0 Å². The number of likely N-dealkylation sites (tertiary alicyclic amines) is 1. The zero-order chi connectivity index (χ0) is 17.7. The average molecular weight is 333 g/mol. The Morgan fingerprint density at radius 3 is 2.79 bits per heavy atom. The van der Waals surface area contributed by atoms with Gasteiger partial charge in [-0.05, 0) is 44.9 Å². The lowest BCUT2D eigenvalue weighted by Crippen LogP contribution is -2.53. The molecule has 0 saturated carbocycles. The third-order valence-corrected chi connectivity index (χ3v) is 4.89. The van der Waals surface area contributed by atoms with Crippen molar-refractivity contribution in [2.75, 3.05) is 33.8 Å². The zero-order valence-corrected chi connectivity index (χ0v) is 15.0. The maximum Gasteiger partial charge on any atom is 0.332 e. The van der Waals surface area contributed by atoms with Crippen LogP contribution in [0.3, 0.4) is 0 Å². The number of ether oxygens (including phenoxy) is 1. The van der Waals surface area contributed by atoms with E-state index in [4.69, 9.17) is 4.74 Å². The number of methoxy groups -OCH3 is 1. The molecule has 6 heteroatoms. The predicted octanol–water partition coefficient (Wildman–Crippen LogP) is 1.66. The molecule has 132 valence electrons. The summed E-state index contributed by atoms with van der Waals surface area (Å²) < 4.78 is 4.99. The van der Waals surface area contributed by atoms with Gasteiger partial charge in [-0.2, -0.15) is 0 Å². The monoisotopic (exact) mass is 333 g/mol. The van der Waals surface area contributed by atoms with Crippen molar-refractivity contribution < 1.29 is 14.3 Å². The van der Waals surface area contributed by atoms with E-state index in [1.165, 1.54) is 7.11 Å². The molecule has 0 radical (unpaired) electrons. The molecule has 1 aromatic rings. The number of nitrogens with zero attached hydrogens (tertiary/aromatic N) is 3. The summed E-state index contributed by atoms with van der Waals surface area (Å²) in [4.78, 5) is 33.0. The minimum absolute atomic E-state index is 0.0371. The van der Waals surface area contributed by atoms with Crippen molar-refractivity contribution in [3.63, 3.8) is 0 Å². The Morgan fingerprint density at radius 1 is 1.46 bits per heavy atom. The molecule has 0 aliphatic carbocycles. The molecule has 2 heterocycles. The van der Waals surface area contributed by atoms with Gasteiger partial charge in [-0.15, -0.1) is 0 Å². The Bertz CT molecular complexity index is 578. The van der Waals surface area contributed by atoms with Gasteiger partial charge in [0.15, 0.2) is 5.54 Å². The molecule has 1 aliphatic rings. The molecule has 1 saturated heterocycles. The fourth-order valence-electron chi connectivity index (χ4n) is 3.18. The zero-order valence-electron chi connectivity index (χ0n) is 15.0. The molecule has 0 aromatic carbocycles. The van der Waals surface area contributed by atoms with E-state index in [-0.39, 0.29) is 12.5 Å². The highest BCUT2D eigenvalue weighted by Crippen LogP contribution is 2.27. The second-order valence-electron chi connectivity index (χ2n) is 6.72. The van der Waals surface area contributed by atoms with Gasteiger partial charge in [0.1, 0.15) is 0 Å². The van der Waals surface area contributed by atoms with Crippen LogP contribution in [-0.2, 0) is 19.9 Å². The van der Waals surface area contributed by atoms with E-state index < -0.39 is 11.5 Å². The Balaban J connectivity index is 2.18. The molecule has 0 N–H and O–H groups in total. The van der Waals surface area contributed by atoms with E-state index >= 15 is 0 Å². The van der Waals surface area contributed by atoms with Crippen molar-refractivity contribution in [1.29, 1.82) is 0 Å². The number of aromatic nitrogens is 1. The third-order valence-electron chi connectivity index (χ3n) is 4.89. The molecule has 2 rings (SSSR count). The van der Waals surface area contributed by atoms with E-state index in [9.17, 15) is 9.59 Å². The van der Waals surface area contributed by atoms with Gasteiger partial charge in [0.2, 0.25) is 5.91 Å². The quantitative estimate of drug-likeness (QED) is 0.767. The minimum Gasteiger partial charge on any atom is -0.467 e. The van der Waals surface area contributed by atoms with Crippen LogP contribution in [0, 0.1) is 5.92 Å². The molecule has 0 unspecified atom stereocenters. The van der Waals surface area contributed by atoms with Crippen molar-refractivity contribution in [2.45, 2.75) is 32.2 Å². The number of piperidine rings is 1. The van der Waals surface area contributed by atoms with E-state index in [1.807, 2.05) is 11.0 Å². The summed E-state index contributed by atoms with van der Waals surface area (Å²) in [5.41, 5.74) is -0.535. The van der Waals surface area contributed by atoms with Crippen molar-refractivity contribution >= 4 is 11.9 Å². The van der Waals surface area contributed by atoms with Crippen LogP contribution in [0.1, 0.15) is 32.4 Å². The first kappa shape index (κ1) is 18.4. The summed E-state index contributed by atoms with van der Waals surface area (Å²) in [5.74, 6) is 0.134. The topological polar surface area (TPSA) is 62.7 Å². The summed E-state index contributed by atoms with van der Waals surface area (Å²) in [6, 6.07) is 5.40. The highest BCUT2D eigenvalue weighted by molar-refractivity contribution is 5.84. The van der Waals surface area contributed by atoms with Crippen LogP contribution < -0.4 is 0 Å². The Labute approximate surface area is 143 Å². The summed E-state index contributed by atoms with van der Waals surface area (Å²) in [6.45, 7) is 5.62.